The molecule has 4 rings (SSSR count). The number of rotatable bonds is 5. The molecule has 0 bridgehead atoms. The maximum atomic E-state index is 14.1. The van der Waals surface area contributed by atoms with E-state index in [1.165, 1.54) is 25.3 Å². The fourth-order valence-electron chi connectivity index (χ4n) is 4.35. The molecule has 1 aliphatic rings. The number of benzene rings is 2. The van der Waals surface area contributed by atoms with Crippen LogP contribution < -0.4 is 10.2 Å². The summed E-state index contributed by atoms with van der Waals surface area (Å²) >= 11 is 0. The number of fused-ring (bicyclic) bond motifs is 1. The first-order valence-electron chi connectivity index (χ1n) is 10.4. The minimum Gasteiger partial charge on any atom is -0.372 e. The monoisotopic (exact) mass is 393 g/mol. The Balaban J connectivity index is 1.44. The van der Waals surface area contributed by atoms with E-state index in [-0.39, 0.29) is 11.7 Å². The minimum absolute atomic E-state index is 0.0655. The highest BCUT2D eigenvalue weighted by Gasteiger charge is 2.15. The van der Waals surface area contributed by atoms with Crippen molar-refractivity contribution in [1.82, 2.24) is 10.3 Å². The number of H-pyrrole nitrogens is 1. The summed E-state index contributed by atoms with van der Waals surface area (Å²) in [5, 5.41) is 3.96. The van der Waals surface area contributed by atoms with Crippen LogP contribution in [-0.2, 0) is 6.42 Å². The number of halogens is 1. The molecular weight excluding hydrogens is 365 g/mol. The van der Waals surface area contributed by atoms with Crippen molar-refractivity contribution in [3.63, 3.8) is 0 Å². The van der Waals surface area contributed by atoms with E-state index in [9.17, 15) is 9.18 Å². The van der Waals surface area contributed by atoms with Gasteiger partial charge >= 0.3 is 0 Å². The van der Waals surface area contributed by atoms with E-state index in [2.05, 4.69) is 21.3 Å². The molecule has 0 unspecified atom stereocenters. The van der Waals surface area contributed by atoms with Gasteiger partial charge in [0.1, 0.15) is 5.82 Å². The van der Waals surface area contributed by atoms with Crippen molar-refractivity contribution in [2.75, 3.05) is 24.5 Å². The van der Waals surface area contributed by atoms with Gasteiger partial charge < -0.3 is 15.2 Å². The van der Waals surface area contributed by atoms with E-state index in [4.69, 9.17) is 0 Å². The number of piperidine rings is 1. The molecule has 3 aromatic rings. The van der Waals surface area contributed by atoms with Crippen LogP contribution in [0.3, 0.4) is 0 Å². The lowest BCUT2D eigenvalue weighted by Gasteiger charge is -2.29. The molecule has 1 fully saturated rings. The first-order valence-corrected chi connectivity index (χ1v) is 10.4. The van der Waals surface area contributed by atoms with Crippen molar-refractivity contribution in [2.45, 2.75) is 39.5 Å². The number of hydrogen-bond donors (Lipinski definition) is 2. The SMILES string of the molecule is Cc1[nH]c2c(F)ccc(C)c2c1CCNC(=O)c1cccc(N2CCCCC2)c1. The van der Waals surface area contributed by atoms with Gasteiger partial charge in [0.2, 0.25) is 0 Å². The zero-order valence-electron chi connectivity index (χ0n) is 17.1. The molecular formula is C24H28FN3O. The van der Waals surface area contributed by atoms with Crippen LogP contribution in [-0.4, -0.2) is 30.5 Å². The van der Waals surface area contributed by atoms with Crippen LogP contribution in [0.15, 0.2) is 36.4 Å². The molecule has 0 aliphatic carbocycles. The van der Waals surface area contributed by atoms with E-state index in [0.717, 1.165) is 41.0 Å². The maximum absolute atomic E-state index is 14.1. The fraction of sp³-hybridized carbons (Fsp3) is 0.375. The molecule has 0 spiro atoms. The molecule has 0 radical (unpaired) electrons. The number of nitrogens with one attached hydrogen (secondary N) is 2. The van der Waals surface area contributed by atoms with Crippen LogP contribution >= 0.6 is 0 Å². The minimum atomic E-state index is -0.237. The van der Waals surface area contributed by atoms with Crippen LogP contribution in [0.5, 0.6) is 0 Å². The first-order chi connectivity index (χ1) is 14.0. The Labute approximate surface area is 171 Å². The summed E-state index contributed by atoms with van der Waals surface area (Å²) < 4.78 is 14.1. The predicted molar refractivity (Wildman–Crippen MR) is 116 cm³/mol. The van der Waals surface area contributed by atoms with Gasteiger partial charge in [-0.3, -0.25) is 4.79 Å². The van der Waals surface area contributed by atoms with Crippen molar-refractivity contribution in [3.8, 4) is 0 Å². The predicted octanol–water partition coefficient (Wildman–Crippen LogP) is 4.89. The Morgan fingerprint density at radius 3 is 2.72 bits per heavy atom. The second-order valence-corrected chi connectivity index (χ2v) is 7.95. The Hall–Kier alpha value is -2.82. The van der Waals surface area contributed by atoms with Crippen LogP contribution in [0.2, 0.25) is 0 Å². The van der Waals surface area contributed by atoms with Gasteiger partial charge in [-0.25, -0.2) is 4.39 Å². The van der Waals surface area contributed by atoms with Crippen LogP contribution in [0.1, 0.15) is 46.4 Å². The van der Waals surface area contributed by atoms with E-state index < -0.39 is 0 Å². The topological polar surface area (TPSA) is 48.1 Å². The Kier molecular flexibility index (Phi) is 5.56. The highest BCUT2D eigenvalue weighted by atomic mass is 19.1. The van der Waals surface area contributed by atoms with Crippen molar-refractivity contribution in [2.24, 2.45) is 0 Å². The zero-order valence-corrected chi connectivity index (χ0v) is 17.1. The number of carbonyl (C=O) groups is 1. The summed E-state index contributed by atoms with van der Waals surface area (Å²) in [6.07, 6.45) is 4.36. The average molecular weight is 394 g/mol. The molecule has 152 valence electrons. The number of aromatic nitrogens is 1. The highest BCUT2D eigenvalue weighted by molar-refractivity contribution is 5.95. The van der Waals surface area contributed by atoms with E-state index in [0.29, 0.717) is 24.0 Å². The Bertz CT molecular complexity index is 1030. The van der Waals surface area contributed by atoms with Crippen LogP contribution in [0.4, 0.5) is 10.1 Å². The van der Waals surface area contributed by atoms with E-state index in [1.807, 2.05) is 32.0 Å². The smallest absolute Gasteiger partial charge is 0.251 e. The molecule has 0 atom stereocenters. The van der Waals surface area contributed by atoms with Gasteiger partial charge in [-0.1, -0.05) is 12.1 Å². The zero-order chi connectivity index (χ0) is 20.4. The molecule has 2 aromatic carbocycles. The summed E-state index contributed by atoms with van der Waals surface area (Å²) in [6, 6.07) is 11.2. The van der Waals surface area contributed by atoms with Gasteiger partial charge in [0, 0.05) is 42.0 Å². The molecule has 1 saturated heterocycles. The molecule has 29 heavy (non-hydrogen) atoms. The van der Waals surface area contributed by atoms with Gasteiger partial charge in [-0.2, -0.15) is 0 Å². The number of carbonyl (C=O) groups excluding carboxylic acids is 1. The van der Waals surface area contributed by atoms with Gasteiger partial charge in [-0.15, -0.1) is 0 Å². The third-order valence-electron chi connectivity index (χ3n) is 5.92. The maximum Gasteiger partial charge on any atom is 0.251 e. The molecule has 0 saturated carbocycles. The Morgan fingerprint density at radius 2 is 1.93 bits per heavy atom. The number of aryl methyl sites for hydroxylation is 2. The molecule has 4 nitrogen and oxygen atoms in total. The normalized spacial score (nSPS) is 14.4. The molecule has 2 heterocycles. The summed E-state index contributed by atoms with van der Waals surface area (Å²) in [4.78, 5) is 18.2. The molecule has 5 heteroatoms. The molecule has 1 aromatic heterocycles. The van der Waals surface area contributed by atoms with Crippen molar-refractivity contribution >= 4 is 22.5 Å². The second-order valence-electron chi connectivity index (χ2n) is 7.95. The second kappa shape index (κ2) is 8.27. The van der Waals surface area contributed by atoms with Gasteiger partial charge in [0.05, 0.1) is 5.52 Å². The molecule has 2 N–H and O–H groups in total. The third kappa shape index (κ3) is 4.00. The summed E-state index contributed by atoms with van der Waals surface area (Å²) in [7, 11) is 0. The number of nitrogens with zero attached hydrogens (tertiary/aromatic N) is 1. The van der Waals surface area contributed by atoms with Gasteiger partial charge in [0.25, 0.3) is 5.91 Å². The standard InChI is InChI=1S/C24H28FN3O/c1-16-9-10-21(25)23-22(16)20(17(2)27-23)11-12-26-24(29)18-7-6-8-19(15-18)28-13-4-3-5-14-28/h6-10,15,27H,3-5,11-14H2,1-2H3,(H,26,29). The highest BCUT2D eigenvalue weighted by Crippen LogP contribution is 2.28. The lowest BCUT2D eigenvalue weighted by atomic mass is 10.0. The van der Waals surface area contributed by atoms with Crippen molar-refractivity contribution < 1.29 is 9.18 Å². The first kappa shape index (κ1) is 19.5. The lowest BCUT2D eigenvalue weighted by Crippen LogP contribution is -2.30. The number of anilines is 1. The van der Waals surface area contributed by atoms with Crippen LogP contribution in [0.25, 0.3) is 10.9 Å². The number of hydrogen-bond acceptors (Lipinski definition) is 2. The largest absolute Gasteiger partial charge is 0.372 e. The number of aromatic amines is 1. The van der Waals surface area contributed by atoms with Crippen molar-refractivity contribution in [3.05, 3.63) is 64.6 Å². The number of amides is 1. The summed E-state index contributed by atoms with van der Waals surface area (Å²) in [5.74, 6) is -0.303. The fourth-order valence-corrected chi connectivity index (χ4v) is 4.35. The summed E-state index contributed by atoms with van der Waals surface area (Å²) in [6.45, 7) is 6.57. The Morgan fingerprint density at radius 1 is 1.14 bits per heavy atom. The summed E-state index contributed by atoms with van der Waals surface area (Å²) in [5.41, 5.74) is 5.43. The molecule has 1 amide bonds. The van der Waals surface area contributed by atoms with E-state index in [1.54, 1.807) is 6.07 Å². The van der Waals surface area contributed by atoms with E-state index >= 15 is 0 Å². The average Bonchev–Trinajstić information content (AvgIpc) is 3.09. The van der Waals surface area contributed by atoms with Crippen LogP contribution in [0, 0.1) is 19.7 Å². The lowest BCUT2D eigenvalue weighted by molar-refractivity contribution is 0.0954. The van der Waals surface area contributed by atoms with Gasteiger partial charge in [-0.05, 0) is 74.9 Å². The molecule has 1 aliphatic heterocycles. The quantitative estimate of drug-likeness (QED) is 0.649. The van der Waals surface area contributed by atoms with Crippen molar-refractivity contribution in [1.29, 1.82) is 0 Å². The third-order valence-corrected chi connectivity index (χ3v) is 5.92. The van der Waals surface area contributed by atoms with Gasteiger partial charge in [0.15, 0.2) is 0 Å².